The lowest BCUT2D eigenvalue weighted by molar-refractivity contribution is 0.203. The molecule has 92 valence electrons. The zero-order chi connectivity index (χ0) is 11.8. The minimum Gasteiger partial charge on any atom is -0.426 e. The topological polar surface area (TPSA) is 38.0 Å². The summed E-state index contributed by atoms with van der Waals surface area (Å²) in [6, 6.07) is 14.8. The lowest BCUT2D eigenvalue weighted by Gasteiger charge is -2.00. The summed E-state index contributed by atoms with van der Waals surface area (Å²) in [6.07, 6.45) is 0. The molecule has 0 radical (unpaired) electrons. The predicted octanol–water partition coefficient (Wildman–Crippen LogP) is 3.65. The summed E-state index contributed by atoms with van der Waals surface area (Å²) in [4.78, 5) is 4.38. The fourth-order valence-electron chi connectivity index (χ4n) is 1.81. The molecule has 0 aliphatic rings. The third-order valence-corrected chi connectivity index (χ3v) is 2.86. The van der Waals surface area contributed by atoms with Crippen LogP contribution in [0.3, 0.4) is 0 Å². The Labute approximate surface area is 113 Å². The van der Waals surface area contributed by atoms with Crippen molar-refractivity contribution < 1.29 is 5.21 Å². The molecule has 5 heteroatoms. The van der Waals surface area contributed by atoms with Gasteiger partial charge in [-0.15, -0.1) is 0 Å². The van der Waals surface area contributed by atoms with Crippen molar-refractivity contribution in [3.05, 3.63) is 53.6 Å². The van der Waals surface area contributed by atoms with Crippen molar-refractivity contribution >= 4 is 32.5 Å². The molecule has 3 aromatic rings. The molecule has 0 saturated heterocycles. The van der Waals surface area contributed by atoms with Gasteiger partial charge < -0.3 is 5.21 Å². The molecule has 0 spiro atoms. The van der Waals surface area contributed by atoms with Crippen molar-refractivity contribution in [3.8, 4) is 11.4 Å². The van der Waals surface area contributed by atoms with E-state index in [4.69, 9.17) is 11.6 Å². The zero-order valence-corrected chi connectivity index (χ0v) is 11.7. The van der Waals surface area contributed by atoms with E-state index in [2.05, 4.69) is 4.98 Å². The number of benzene rings is 2. The second kappa shape index (κ2) is 4.97. The van der Waals surface area contributed by atoms with Crippen LogP contribution in [0.15, 0.2) is 48.5 Å². The van der Waals surface area contributed by atoms with Crippen LogP contribution in [0.4, 0.5) is 0 Å². The molecule has 3 nitrogen and oxygen atoms in total. The van der Waals surface area contributed by atoms with E-state index in [1.54, 1.807) is 18.2 Å². The maximum absolute atomic E-state index is 10.1. The number of hydrogen-bond donors (Lipinski definition) is 1. The molecule has 0 bridgehead atoms. The Morgan fingerprint density at radius 1 is 1.06 bits per heavy atom. The van der Waals surface area contributed by atoms with E-state index in [-0.39, 0.29) is 9.90 Å². The molecular weight excluding hydrogens is 267 g/mol. The Kier molecular flexibility index (Phi) is 3.55. The maximum Gasteiger partial charge on any atom is 0.176 e. The van der Waals surface area contributed by atoms with Gasteiger partial charge in [-0.3, -0.25) is 0 Å². The van der Waals surface area contributed by atoms with Gasteiger partial charge in [0.25, 0.3) is 0 Å². The summed E-state index contributed by atoms with van der Waals surface area (Å²) in [5.74, 6) is 0.517. The van der Waals surface area contributed by atoms with Crippen LogP contribution in [0.2, 0.25) is 5.02 Å². The molecule has 2 aromatic carbocycles. The van der Waals surface area contributed by atoms with E-state index in [0.717, 1.165) is 15.8 Å². The Morgan fingerprint density at radius 2 is 1.78 bits per heavy atom. The van der Waals surface area contributed by atoms with Crippen LogP contribution in [0.1, 0.15) is 0 Å². The molecule has 18 heavy (non-hydrogen) atoms. The van der Waals surface area contributed by atoms with Crippen LogP contribution in [-0.4, -0.2) is 14.9 Å². The van der Waals surface area contributed by atoms with Gasteiger partial charge in [-0.1, -0.05) is 41.9 Å². The first kappa shape index (κ1) is 12.9. The maximum atomic E-state index is 10.1. The highest BCUT2D eigenvalue weighted by Gasteiger charge is 2.11. The van der Waals surface area contributed by atoms with Gasteiger partial charge in [-0.25, -0.2) is 4.98 Å². The minimum atomic E-state index is 0. The molecule has 0 aliphatic heterocycles. The number of fused-ring (bicyclic) bond motifs is 1. The number of aromatic nitrogens is 2. The fourth-order valence-corrected chi connectivity index (χ4v) is 1.98. The van der Waals surface area contributed by atoms with Crippen LogP contribution in [0.25, 0.3) is 22.4 Å². The zero-order valence-electron chi connectivity index (χ0n) is 9.55. The number of imidazole rings is 1. The number of halogens is 1. The number of hydrogen-bond acceptors (Lipinski definition) is 2. The van der Waals surface area contributed by atoms with Gasteiger partial charge in [0, 0.05) is 10.6 Å². The normalized spacial score (nSPS) is 10.3. The molecule has 3 rings (SSSR count). The van der Waals surface area contributed by atoms with Gasteiger partial charge in [0.05, 0.1) is 5.52 Å². The van der Waals surface area contributed by atoms with E-state index in [9.17, 15) is 5.21 Å². The number of nitrogens with zero attached hydrogens (tertiary/aromatic N) is 2. The molecule has 0 fully saturated rings. The highest BCUT2D eigenvalue weighted by atomic mass is 35.5. The standard InChI is InChI=1S/C13H9ClN2O.H3P/c14-10-6-7-11-12(8-10)16(17)13(15-11)9-4-2-1-3-5-9;/h1-8,17H;1H3. The molecule has 1 heterocycles. The first-order valence-corrected chi connectivity index (χ1v) is 5.56. The van der Waals surface area contributed by atoms with E-state index < -0.39 is 0 Å². The Balaban J connectivity index is 0.00000120. The second-order valence-corrected chi connectivity index (χ2v) is 4.18. The summed E-state index contributed by atoms with van der Waals surface area (Å²) < 4.78 is 1.07. The molecular formula is C13H12ClN2OP. The number of rotatable bonds is 1. The van der Waals surface area contributed by atoms with Crippen LogP contribution in [0.5, 0.6) is 0 Å². The average molecular weight is 279 g/mol. The third-order valence-electron chi connectivity index (χ3n) is 2.62. The summed E-state index contributed by atoms with van der Waals surface area (Å²) in [5, 5.41) is 10.6. The lowest BCUT2D eigenvalue weighted by Crippen LogP contribution is -1.93. The van der Waals surface area contributed by atoms with Gasteiger partial charge in [-0.2, -0.15) is 14.6 Å². The quantitative estimate of drug-likeness (QED) is 0.545. The van der Waals surface area contributed by atoms with Crippen molar-refractivity contribution in [1.29, 1.82) is 0 Å². The molecule has 0 amide bonds. The minimum absolute atomic E-state index is 0. The highest BCUT2D eigenvalue weighted by Crippen LogP contribution is 2.25. The molecule has 1 N–H and O–H groups in total. The van der Waals surface area contributed by atoms with Crippen LogP contribution >= 0.6 is 21.5 Å². The Hall–Kier alpha value is -1.57. The monoisotopic (exact) mass is 278 g/mol. The molecule has 1 unspecified atom stereocenters. The Bertz CT molecular complexity index is 682. The van der Waals surface area contributed by atoms with E-state index in [1.807, 2.05) is 30.3 Å². The largest absolute Gasteiger partial charge is 0.426 e. The van der Waals surface area contributed by atoms with Crippen molar-refractivity contribution in [2.45, 2.75) is 0 Å². The molecule has 1 aromatic heterocycles. The van der Waals surface area contributed by atoms with Crippen LogP contribution in [0, 0.1) is 0 Å². The second-order valence-electron chi connectivity index (χ2n) is 3.75. The van der Waals surface area contributed by atoms with E-state index >= 15 is 0 Å². The summed E-state index contributed by atoms with van der Waals surface area (Å²) in [7, 11) is 0. The summed E-state index contributed by atoms with van der Waals surface area (Å²) in [5.41, 5.74) is 2.19. The molecule has 0 saturated carbocycles. The lowest BCUT2D eigenvalue weighted by atomic mass is 10.2. The van der Waals surface area contributed by atoms with Crippen molar-refractivity contribution in [2.75, 3.05) is 0 Å². The SMILES string of the molecule is On1c(-c2ccccc2)nc2ccc(Cl)cc21.P. The first-order valence-electron chi connectivity index (χ1n) is 5.18. The Morgan fingerprint density at radius 3 is 2.50 bits per heavy atom. The van der Waals surface area contributed by atoms with E-state index in [1.165, 1.54) is 0 Å². The average Bonchev–Trinajstić information content (AvgIpc) is 2.68. The molecule has 0 aliphatic carbocycles. The molecule has 1 atom stereocenters. The first-order chi connectivity index (χ1) is 8.25. The van der Waals surface area contributed by atoms with Gasteiger partial charge in [-0.05, 0) is 18.2 Å². The van der Waals surface area contributed by atoms with E-state index in [0.29, 0.717) is 16.4 Å². The van der Waals surface area contributed by atoms with Crippen molar-refractivity contribution in [2.24, 2.45) is 0 Å². The summed E-state index contributed by atoms with van der Waals surface area (Å²) in [6.45, 7) is 0. The van der Waals surface area contributed by atoms with Gasteiger partial charge >= 0.3 is 0 Å². The van der Waals surface area contributed by atoms with Gasteiger partial charge in [0.15, 0.2) is 5.82 Å². The van der Waals surface area contributed by atoms with Gasteiger partial charge in [0.2, 0.25) is 0 Å². The summed E-state index contributed by atoms with van der Waals surface area (Å²) >= 11 is 5.89. The highest BCUT2D eigenvalue weighted by molar-refractivity contribution is 6.92. The van der Waals surface area contributed by atoms with Crippen molar-refractivity contribution in [3.63, 3.8) is 0 Å². The predicted molar refractivity (Wildman–Crippen MR) is 78.5 cm³/mol. The third kappa shape index (κ3) is 2.07. The van der Waals surface area contributed by atoms with Gasteiger partial charge in [0.1, 0.15) is 5.52 Å². The van der Waals surface area contributed by atoms with Crippen LogP contribution in [-0.2, 0) is 0 Å². The van der Waals surface area contributed by atoms with Crippen molar-refractivity contribution in [1.82, 2.24) is 9.71 Å². The van der Waals surface area contributed by atoms with Crippen LogP contribution < -0.4 is 0 Å². The fraction of sp³-hybridized carbons (Fsp3) is 0. The smallest absolute Gasteiger partial charge is 0.176 e.